The molecule has 14 heteroatoms. The van der Waals surface area contributed by atoms with Crippen molar-refractivity contribution in [3.63, 3.8) is 0 Å². The van der Waals surface area contributed by atoms with Crippen LogP contribution in [0.1, 0.15) is 39.7 Å². The lowest BCUT2D eigenvalue weighted by atomic mass is 10.1. The molecule has 0 fully saturated rings. The number of anilines is 1. The zero-order valence-electron chi connectivity index (χ0n) is 26.7. The highest BCUT2D eigenvalue weighted by molar-refractivity contribution is 7.92. The number of rotatable bonds is 13. The van der Waals surface area contributed by atoms with E-state index in [1.54, 1.807) is 19.1 Å². The molecule has 0 spiro atoms. The number of nitrogens with zero attached hydrogens (tertiary/aromatic N) is 2. The van der Waals surface area contributed by atoms with Crippen molar-refractivity contribution in [2.75, 3.05) is 32.2 Å². The lowest BCUT2D eigenvalue weighted by molar-refractivity contribution is -0.141. The summed E-state index contributed by atoms with van der Waals surface area (Å²) in [4.78, 5) is 29.1. The third-order valence-electron chi connectivity index (χ3n) is 6.87. The largest absolute Gasteiger partial charge is 0.495 e. The third-order valence-corrected chi connectivity index (χ3v) is 9.45. The van der Waals surface area contributed by atoms with Crippen molar-refractivity contribution < 1.29 is 32.2 Å². The number of ether oxygens (including phenoxy) is 3. The molecule has 2 amide bonds. The van der Waals surface area contributed by atoms with Crippen LogP contribution in [0.25, 0.3) is 0 Å². The van der Waals surface area contributed by atoms with Crippen LogP contribution in [-0.2, 0) is 26.2 Å². The predicted molar refractivity (Wildman–Crippen MR) is 181 cm³/mol. The van der Waals surface area contributed by atoms with E-state index in [9.17, 15) is 18.0 Å². The molecule has 0 heterocycles. The van der Waals surface area contributed by atoms with Gasteiger partial charge in [0.05, 0.1) is 31.9 Å². The fourth-order valence-corrected chi connectivity index (χ4v) is 6.75. The van der Waals surface area contributed by atoms with Crippen LogP contribution in [0.2, 0.25) is 15.1 Å². The minimum atomic E-state index is -4.49. The van der Waals surface area contributed by atoms with E-state index in [4.69, 9.17) is 49.0 Å². The van der Waals surface area contributed by atoms with Gasteiger partial charge >= 0.3 is 0 Å². The van der Waals surface area contributed by atoms with Crippen LogP contribution >= 0.6 is 34.8 Å². The summed E-state index contributed by atoms with van der Waals surface area (Å²) in [6, 6.07) is 12.3. The average Bonchev–Trinajstić information content (AvgIpc) is 2.99. The fraction of sp³-hybridized carbons (Fsp3) is 0.375. The first-order chi connectivity index (χ1) is 21.6. The summed E-state index contributed by atoms with van der Waals surface area (Å²) in [5.74, 6) is -0.481. The number of carbonyl (C=O) groups excluding carboxylic acids is 2. The Morgan fingerprint density at radius 2 is 1.43 bits per heavy atom. The van der Waals surface area contributed by atoms with Crippen molar-refractivity contribution in [1.82, 2.24) is 10.2 Å². The molecule has 1 atom stereocenters. The number of carbonyl (C=O) groups is 2. The number of nitrogens with one attached hydrogen (secondary N) is 1. The molecule has 46 heavy (non-hydrogen) atoms. The van der Waals surface area contributed by atoms with Gasteiger partial charge in [0.25, 0.3) is 10.0 Å². The van der Waals surface area contributed by atoms with Gasteiger partial charge in [0.1, 0.15) is 18.3 Å². The number of amides is 2. The molecule has 0 aliphatic carbocycles. The number of sulfonamides is 1. The summed E-state index contributed by atoms with van der Waals surface area (Å²) >= 11 is 18.9. The Hall–Kier alpha value is -3.38. The maximum Gasteiger partial charge on any atom is 0.265 e. The van der Waals surface area contributed by atoms with E-state index in [-0.39, 0.29) is 45.1 Å². The van der Waals surface area contributed by atoms with E-state index in [2.05, 4.69) is 5.32 Å². The molecular formula is C32H38Cl3N3O7S. The van der Waals surface area contributed by atoms with Crippen LogP contribution in [0.15, 0.2) is 59.5 Å². The van der Waals surface area contributed by atoms with Gasteiger partial charge in [0, 0.05) is 33.2 Å². The SMILES string of the molecule is CC[C@@H](C(=O)NC(C)(C)C)N(Cc1ccc(Cl)cc1Cl)C(=O)CN(c1cc(Cl)ccc1OC)S(=O)(=O)c1ccc(OC)c(OC)c1. The van der Waals surface area contributed by atoms with Crippen LogP contribution in [0.4, 0.5) is 5.69 Å². The van der Waals surface area contributed by atoms with E-state index in [0.29, 0.717) is 16.3 Å². The van der Waals surface area contributed by atoms with Crippen molar-refractivity contribution in [2.24, 2.45) is 0 Å². The van der Waals surface area contributed by atoms with Crippen LogP contribution in [-0.4, -0.2) is 64.6 Å². The quantitative estimate of drug-likeness (QED) is 0.213. The molecule has 0 aliphatic rings. The van der Waals surface area contributed by atoms with Gasteiger partial charge in [-0.05, 0) is 75.2 Å². The third kappa shape index (κ3) is 8.90. The number of benzene rings is 3. The molecule has 0 bridgehead atoms. The molecular weight excluding hydrogens is 677 g/mol. The Morgan fingerprint density at radius 3 is 2.00 bits per heavy atom. The fourth-order valence-electron chi connectivity index (χ4n) is 4.68. The van der Waals surface area contributed by atoms with E-state index in [1.165, 1.54) is 68.7 Å². The molecule has 3 aromatic rings. The second-order valence-electron chi connectivity index (χ2n) is 11.3. The second kappa shape index (κ2) is 15.5. The van der Waals surface area contributed by atoms with E-state index in [0.717, 1.165) is 4.31 Å². The Balaban J connectivity index is 2.21. The van der Waals surface area contributed by atoms with Gasteiger partial charge in [0.15, 0.2) is 11.5 Å². The smallest absolute Gasteiger partial charge is 0.265 e. The molecule has 0 aromatic heterocycles. The average molecular weight is 715 g/mol. The Bertz CT molecular complexity index is 1680. The van der Waals surface area contributed by atoms with Crippen LogP contribution in [0, 0.1) is 0 Å². The van der Waals surface area contributed by atoms with Gasteiger partial charge in [-0.15, -0.1) is 0 Å². The summed E-state index contributed by atoms with van der Waals surface area (Å²) in [7, 11) is -0.317. The predicted octanol–water partition coefficient (Wildman–Crippen LogP) is 6.59. The van der Waals surface area contributed by atoms with E-state index >= 15 is 0 Å². The summed E-state index contributed by atoms with van der Waals surface area (Å²) in [6.45, 7) is 6.39. The van der Waals surface area contributed by atoms with Crippen LogP contribution in [0.3, 0.4) is 0 Å². The zero-order chi connectivity index (χ0) is 34.4. The normalized spacial score (nSPS) is 12.2. The molecule has 3 rings (SSSR count). The van der Waals surface area contributed by atoms with Crippen LogP contribution < -0.4 is 23.8 Å². The number of halogens is 3. The Labute approximate surface area is 285 Å². The van der Waals surface area contributed by atoms with Gasteiger partial charge in [0.2, 0.25) is 11.8 Å². The molecule has 250 valence electrons. The molecule has 0 unspecified atom stereocenters. The second-order valence-corrected chi connectivity index (χ2v) is 14.4. The number of methoxy groups -OCH3 is 3. The van der Waals surface area contributed by atoms with Gasteiger partial charge in [-0.2, -0.15) is 0 Å². The molecule has 0 saturated carbocycles. The van der Waals surface area contributed by atoms with E-state index in [1.807, 2.05) is 20.8 Å². The first-order valence-electron chi connectivity index (χ1n) is 14.2. The van der Waals surface area contributed by atoms with Crippen molar-refractivity contribution in [1.29, 1.82) is 0 Å². The summed E-state index contributed by atoms with van der Waals surface area (Å²) in [5, 5.41) is 3.80. The highest BCUT2D eigenvalue weighted by Gasteiger charge is 2.36. The molecule has 3 aromatic carbocycles. The molecule has 10 nitrogen and oxygen atoms in total. The minimum Gasteiger partial charge on any atom is -0.495 e. The van der Waals surface area contributed by atoms with E-state index < -0.39 is 40.0 Å². The van der Waals surface area contributed by atoms with Gasteiger partial charge in [-0.1, -0.05) is 47.8 Å². The summed E-state index contributed by atoms with van der Waals surface area (Å²) < 4.78 is 45.8. The first kappa shape index (κ1) is 37.1. The Morgan fingerprint density at radius 1 is 0.848 bits per heavy atom. The highest BCUT2D eigenvalue weighted by atomic mass is 35.5. The van der Waals surface area contributed by atoms with Crippen LogP contribution in [0.5, 0.6) is 17.2 Å². The molecule has 0 saturated heterocycles. The first-order valence-corrected chi connectivity index (χ1v) is 16.8. The van der Waals surface area contributed by atoms with Crippen molar-refractivity contribution in [3.8, 4) is 17.2 Å². The highest BCUT2D eigenvalue weighted by Crippen LogP contribution is 2.37. The standard InChI is InChI=1S/C32H38Cl3N3O7S/c1-8-25(31(40)36-32(2,3)4)37(18-20-9-10-21(33)15-24(20)35)30(39)19-38(26-16-22(34)11-13-27(26)43-5)46(41,42)23-12-14-28(44-6)29(17-23)45-7/h9-17,25H,8,18-19H2,1-7H3,(H,36,40)/t25-/m0/s1. The maximum absolute atomic E-state index is 14.4. The van der Waals surface area contributed by atoms with Gasteiger partial charge < -0.3 is 24.4 Å². The van der Waals surface area contributed by atoms with Gasteiger partial charge in [-0.3, -0.25) is 13.9 Å². The van der Waals surface area contributed by atoms with Crippen molar-refractivity contribution in [2.45, 2.75) is 57.1 Å². The Kier molecular flexibility index (Phi) is 12.5. The topological polar surface area (TPSA) is 114 Å². The lowest BCUT2D eigenvalue weighted by Crippen LogP contribution is -2.55. The molecule has 0 aliphatic heterocycles. The zero-order valence-corrected chi connectivity index (χ0v) is 29.8. The van der Waals surface area contributed by atoms with Crippen molar-refractivity contribution >= 4 is 62.3 Å². The monoisotopic (exact) mass is 713 g/mol. The van der Waals surface area contributed by atoms with Gasteiger partial charge in [-0.25, -0.2) is 8.42 Å². The summed E-state index contributed by atoms with van der Waals surface area (Å²) in [6.07, 6.45) is 0.224. The lowest BCUT2D eigenvalue weighted by Gasteiger charge is -2.35. The summed E-state index contributed by atoms with van der Waals surface area (Å²) in [5.41, 5.74) is -0.0838. The van der Waals surface area contributed by atoms with Crippen molar-refractivity contribution in [3.05, 3.63) is 75.2 Å². The number of hydrogen-bond donors (Lipinski definition) is 1. The minimum absolute atomic E-state index is 0.00908. The number of hydrogen-bond acceptors (Lipinski definition) is 7. The molecule has 0 radical (unpaired) electrons. The molecule has 1 N–H and O–H groups in total. The maximum atomic E-state index is 14.4.